The molecule has 0 radical (unpaired) electrons. The van der Waals surface area contributed by atoms with Crippen molar-refractivity contribution in [3.8, 4) is 5.75 Å². The lowest BCUT2D eigenvalue weighted by molar-refractivity contribution is -0.142. The average molecular weight is 563 g/mol. The number of nitrogens with zero attached hydrogens (tertiary/aromatic N) is 1. The molecular formula is C22H25Cl2IN2O3. The molecule has 2 aromatic carbocycles. The Morgan fingerprint density at radius 2 is 1.77 bits per heavy atom. The van der Waals surface area contributed by atoms with Gasteiger partial charge in [0.1, 0.15) is 11.8 Å². The topological polar surface area (TPSA) is 58.6 Å². The minimum Gasteiger partial charge on any atom is -0.484 e. The molecule has 162 valence electrons. The number of ether oxygens (including phenoxy) is 1. The van der Waals surface area contributed by atoms with Crippen LogP contribution in [-0.4, -0.2) is 35.4 Å². The molecule has 1 N–H and O–H groups in total. The van der Waals surface area contributed by atoms with Gasteiger partial charge in [-0.3, -0.25) is 9.59 Å². The molecular weight excluding hydrogens is 538 g/mol. The second kappa shape index (κ2) is 11.8. The maximum atomic E-state index is 13.0. The van der Waals surface area contributed by atoms with Crippen LogP contribution in [-0.2, 0) is 16.1 Å². The fourth-order valence-electron chi connectivity index (χ4n) is 2.64. The zero-order chi connectivity index (χ0) is 22.3. The van der Waals surface area contributed by atoms with Crippen molar-refractivity contribution < 1.29 is 14.3 Å². The summed E-state index contributed by atoms with van der Waals surface area (Å²) in [5.74, 6) is 0.0772. The molecule has 0 aliphatic rings. The van der Waals surface area contributed by atoms with Gasteiger partial charge in [0.2, 0.25) is 5.91 Å². The first-order chi connectivity index (χ1) is 14.2. The van der Waals surface area contributed by atoms with Crippen molar-refractivity contribution in [1.82, 2.24) is 10.2 Å². The summed E-state index contributed by atoms with van der Waals surface area (Å²) in [6.07, 6.45) is 0.801. The molecule has 30 heavy (non-hydrogen) atoms. The second-order valence-electron chi connectivity index (χ2n) is 7.01. The lowest BCUT2D eigenvalue weighted by Crippen LogP contribution is -2.50. The Balaban J connectivity index is 2.17. The Bertz CT molecular complexity index is 877. The van der Waals surface area contributed by atoms with Crippen molar-refractivity contribution in [2.24, 2.45) is 0 Å². The van der Waals surface area contributed by atoms with E-state index in [2.05, 4.69) is 27.9 Å². The van der Waals surface area contributed by atoms with Gasteiger partial charge in [0.25, 0.3) is 5.91 Å². The second-order valence-corrected chi connectivity index (χ2v) is 9.07. The average Bonchev–Trinajstić information content (AvgIpc) is 2.73. The van der Waals surface area contributed by atoms with Crippen LogP contribution in [0.15, 0.2) is 42.5 Å². The largest absolute Gasteiger partial charge is 0.484 e. The van der Waals surface area contributed by atoms with E-state index in [-0.39, 0.29) is 31.0 Å². The molecule has 0 bridgehead atoms. The van der Waals surface area contributed by atoms with Gasteiger partial charge in [-0.05, 0) is 84.8 Å². The van der Waals surface area contributed by atoms with Gasteiger partial charge in [-0.1, -0.05) is 36.2 Å². The van der Waals surface area contributed by atoms with E-state index in [0.29, 0.717) is 15.8 Å². The maximum Gasteiger partial charge on any atom is 0.261 e. The fraction of sp³-hybridized carbons (Fsp3) is 0.364. The highest BCUT2D eigenvalue weighted by Gasteiger charge is 2.27. The van der Waals surface area contributed by atoms with Crippen molar-refractivity contribution in [3.63, 3.8) is 0 Å². The first-order valence-electron chi connectivity index (χ1n) is 9.63. The summed E-state index contributed by atoms with van der Waals surface area (Å²) in [6.45, 7) is 5.65. The summed E-state index contributed by atoms with van der Waals surface area (Å²) in [4.78, 5) is 27.2. The highest BCUT2D eigenvalue weighted by atomic mass is 127. The molecule has 0 aliphatic heterocycles. The molecule has 0 heterocycles. The van der Waals surface area contributed by atoms with Crippen LogP contribution in [0, 0.1) is 3.57 Å². The van der Waals surface area contributed by atoms with E-state index in [4.69, 9.17) is 27.9 Å². The molecule has 0 fully saturated rings. The number of benzene rings is 2. The predicted molar refractivity (Wildman–Crippen MR) is 129 cm³/mol. The molecule has 0 spiro atoms. The molecule has 2 atom stereocenters. The number of hydrogen-bond acceptors (Lipinski definition) is 3. The summed E-state index contributed by atoms with van der Waals surface area (Å²) in [5, 5.41) is 3.76. The number of carbonyl (C=O) groups excluding carboxylic acids is 2. The molecule has 8 heteroatoms. The molecule has 0 aromatic heterocycles. The van der Waals surface area contributed by atoms with Crippen LogP contribution in [0.25, 0.3) is 0 Å². The van der Waals surface area contributed by atoms with Gasteiger partial charge >= 0.3 is 0 Å². The first-order valence-corrected chi connectivity index (χ1v) is 11.5. The molecule has 2 amide bonds. The number of nitrogens with one attached hydrogen (secondary N) is 1. The van der Waals surface area contributed by atoms with Crippen molar-refractivity contribution in [1.29, 1.82) is 0 Å². The molecule has 2 rings (SSSR count). The van der Waals surface area contributed by atoms with Crippen LogP contribution >= 0.6 is 45.8 Å². The summed E-state index contributed by atoms with van der Waals surface area (Å²) in [5.41, 5.74) is 0.773. The van der Waals surface area contributed by atoms with E-state index >= 15 is 0 Å². The molecule has 0 saturated carbocycles. The SMILES string of the molecule is CC[C@@H](C)NC(=O)[C@H](C)N(Cc1ccc(Cl)c(Cl)c1)C(=O)COc1ccc(I)cc1. The van der Waals surface area contributed by atoms with Crippen molar-refractivity contribution in [3.05, 3.63) is 61.6 Å². The third-order valence-corrected chi connectivity index (χ3v) is 6.14. The lowest BCUT2D eigenvalue weighted by Gasteiger charge is -2.29. The van der Waals surface area contributed by atoms with Gasteiger partial charge in [0, 0.05) is 16.2 Å². The number of amides is 2. The third kappa shape index (κ3) is 7.32. The molecule has 2 aromatic rings. The van der Waals surface area contributed by atoms with Crippen molar-refractivity contribution in [2.45, 2.75) is 45.8 Å². The van der Waals surface area contributed by atoms with Gasteiger partial charge in [0.15, 0.2) is 6.61 Å². The Hall–Kier alpha value is -1.51. The summed E-state index contributed by atoms with van der Waals surface area (Å²) in [6, 6.07) is 11.9. The molecule has 0 aliphatic carbocycles. The Morgan fingerprint density at radius 1 is 1.10 bits per heavy atom. The predicted octanol–water partition coefficient (Wildman–Crippen LogP) is 5.31. The van der Waals surface area contributed by atoms with Crippen LogP contribution in [0.1, 0.15) is 32.8 Å². The number of rotatable bonds is 9. The van der Waals surface area contributed by atoms with Crippen molar-refractivity contribution >= 4 is 57.6 Å². The number of halogens is 3. The van der Waals surface area contributed by atoms with Crippen LogP contribution in [0.2, 0.25) is 10.0 Å². The van der Waals surface area contributed by atoms with Crippen LogP contribution in [0.4, 0.5) is 0 Å². The van der Waals surface area contributed by atoms with Gasteiger partial charge in [-0.15, -0.1) is 0 Å². The standard InChI is InChI=1S/C22H25Cl2IN2O3/c1-4-14(2)26-22(29)15(3)27(12-16-5-10-19(23)20(24)11-16)21(28)13-30-18-8-6-17(25)7-9-18/h5-11,14-15H,4,12-13H2,1-3H3,(H,26,29)/t14-,15+/m1/s1. The summed E-state index contributed by atoms with van der Waals surface area (Å²) < 4.78 is 6.72. The monoisotopic (exact) mass is 562 g/mol. The van der Waals surface area contributed by atoms with Crippen LogP contribution in [0.3, 0.4) is 0 Å². The zero-order valence-corrected chi connectivity index (χ0v) is 20.8. The Morgan fingerprint density at radius 3 is 2.37 bits per heavy atom. The molecule has 0 saturated heterocycles. The van der Waals surface area contributed by atoms with E-state index < -0.39 is 6.04 Å². The van der Waals surface area contributed by atoms with Crippen LogP contribution in [0.5, 0.6) is 5.75 Å². The highest BCUT2D eigenvalue weighted by Crippen LogP contribution is 2.24. The fourth-order valence-corrected chi connectivity index (χ4v) is 3.32. The normalized spacial score (nSPS) is 12.7. The highest BCUT2D eigenvalue weighted by molar-refractivity contribution is 14.1. The molecule has 5 nitrogen and oxygen atoms in total. The van der Waals surface area contributed by atoms with E-state index in [9.17, 15) is 9.59 Å². The minimum atomic E-state index is -0.679. The maximum absolute atomic E-state index is 13.0. The summed E-state index contributed by atoms with van der Waals surface area (Å²) >= 11 is 14.3. The van der Waals surface area contributed by atoms with Gasteiger partial charge in [-0.2, -0.15) is 0 Å². The third-order valence-electron chi connectivity index (χ3n) is 4.68. The van der Waals surface area contributed by atoms with Crippen molar-refractivity contribution in [2.75, 3.05) is 6.61 Å². The van der Waals surface area contributed by atoms with E-state index in [1.54, 1.807) is 37.3 Å². The number of carbonyl (C=O) groups is 2. The van der Waals surface area contributed by atoms with Gasteiger partial charge in [-0.25, -0.2) is 0 Å². The Kier molecular flexibility index (Phi) is 9.71. The Labute approximate surface area is 201 Å². The quantitative estimate of drug-likeness (QED) is 0.421. The van der Waals surface area contributed by atoms with E-state index in [0.717, 1.165) is 15.6 Å². The van der Waals surface area contributed by atoms with Crippen LogP contribution < -0.4 is 10.1 Å². The number of hydrogen-bond donors (Lipinski definition) is 1. The zero-order valence-electron chi connectivity index (χ0n) is 17.1. The van der Waals surface area contributed by atoms with E-state index in [1.807, 2.05) is 26.0 Å². The van der Waals surface area contributed by atoms with Gasteiger partial charge < -0.3 is 15.0 Å². The van der Waals surface area contributed by atoms with Gasteiger partial charge in [0.05, 0.1) is 10.0 Å². The summed E-state index contributed by atoms with van der Waals surface area (Å²) in [7, 11) is 0. The first kappa shape index (κ1) is 24.8. The minimum absolute atomic E-state index is 0.0184. The lowest BCUT2D eigenvalue weighted by atomic mass is 10.1. The van der Waals surface area contributed by atoms with E-state index in [1.165, 1.54) is 4.90 Å². The smallest absolute Gasteiger partial charge is 0.261 e. The molecule has 0 unspecified atom stereocenters.